The van der Waals surface area contributed by atoms with Gasteiger partial charge in [-0.2, -0.15) is 0 Å². The highest BCUT2D eigenvalue weighted by Gasteiger charge is 2.06. The summed E-state index contributed by atoms with van der Waals surface area (Å²) in [5, 5.41) is 1.02. The molecule has 0 bridgehead atoms. The van der Waals surface area contributed by atoms with Crippen molar-refractivity contribution in [3.05, 3.63) is 34.4 Å². The molecule has 0 saturated carbocycles. The Labute approximate surface area is 88.7 Å². The Morgan fingerprint density at radius 2 is 2.20 bits per heavy atom. The van der Waals surface area contributed by atoms with E-state index in [4.69, 9.17) is 0 Å². The van der Waals surface area contributed by atoms with Gasteiger partial charge in [-0.05, 0) is 25.0 Å². The number of fused-ring (bicyclic) bond motifs is 1. The van der Waals surface area contributed by atoms with Crippen LogP contribution >= 0.6 is 0 Å². The van der Waals surface area contributed by atoms with Gasteiger partial charge in [0.2, 0.25) is 0 Å². The maximum Gasteiger partial charge on any atom is 0.272 e. The summed E-state index contributed by atoms with van der Waals surface area (Å²) in [6, 6.07) is 4.01. The van der Waals surface area contributed by atoms with E-state index in [1.807, 2.05) is 29.8 Å². The second-order valence-corrected chi connectivity index (χ2v) is 4.45. The maximum absolute atomic E-state index is 11.8. The van der Waals surface area contributed by atoms with Crippen LogP contribution in [0.15, 0.2) is 23.1 Å². The van der Waals surface area contributed by atoms with Crippen molar-refractivity contribution in [1.29, 1.82) is 0 Å². The molecule has 0 fully saturated rings. The van der Waals surface area contributed by atoms with E-state index in [1.165, 1.54) is 0 Å². The van der Waals surface area contributed by atoms with Crippen molar-refractivity contribution in [2.75, 3.05) is 0 Å². The molecule has 0 unspecified atom stereocenters. The molecule has 0 aromatic carbocycles. The number of rotatable bonds is 2. The minimum absolute atomic E-state index is 0.00986. The van der Waals surface area contributed by atoms with Crippen LogP contribution in [0.2, 0.25) is 0 Å². The van der Waals surface area contributed by atoms with Crippen molar-refractivity contribution in [1.82, 2.24) is 9.55 Å². The first kappa shape index (κ1) is 10.0. The molecule has 2 aromatic rings. The Balaban J connectivity index is 2.64. The fourth-order valence-electron chi connectivity index (χ4n) is 1.92. The summed E-state index contributed by atoms with van der Waals surface area (Å²) in [7, 11) is 0. The summed E-state index contributed by atoms with van der Waals surface area (Å²) in [6.45, 7) is 7.08. The smallest absolute Gasteiger partial charge is 0.272 e. The number of aromatic nitrogens is 2. The second kappa shape index (κ2) is 3.57. The van der Waals surface area contributed by atoms with Gasteiger partial charge in [-0.3, -0.25) is 4.79 Å². The lowest BCUT2D eigenvalue weighted by atomic mass is 10.2. The predicted octanol–water partition coefficient (Wildman–Crippen LogP) is 2.29. The number of pyridine rings is 1. The standard InChI is InChI=1S/C12H16N2O/c1-8(2)7-14-5-4-10-6-9(3)13-12(15)11(10)14/h4-6,8H,7H2,1-3H3,(H,13,15). The van der Waals surface area contributed by atoms with Crippen molar-refractivity contribution in [2.24, 2.45) is 5.92 Å². The van der Waals surface area contributed by atoms with Crippen LogP contribution in [-0.2, 0) is 6.54 Å². The zero-order valence-electron chi connectivity index (χ0n) is 9.37. The van der Waals surface area contributed by atoms with Crippen molar-refractivity contribution < 1.29 is 0 Å². The summed E-state index contributed by atoms with van der Waals surface area (Å²) in [6.07, 6.45) is 1.99. The van der Waals surface area contributed by atoms with Crippen molar-refractivity contribution >= 4 is 10.9 Å². The molecule has 0 aliphatic carbocycles. The van der Waals surface area contributed by atoms with Crippen LogP contribution in [0, 0.1) is 12.8 Å². The van der Waals surface area contributed by atoms with E-state index in [-0.39, 0.29) is 5.56 Å². The first-order chi connectivity index (χ1) is 7.08. The summed E-state index contributed by atoms with van der Waals surface area (Å²) in [5.41, 5.74) is 1.71. The van der Waals surface area contributed by atoms with Gasteiger partial charge in [0.1, 0.15) is 5.52 Å². The molecule has 0 aliphatic rings. The number of aromatic amines is 1. The van der Waals surface area contributed by atoms with Crippen LogP contribution in [0.4, 0.5) is 0 Å². The van der Waals surface area contributed by atoms with E-state index in [9.17, 15) is 4.79 Å². The number of hydrogen-bond donors (Lipinski definition) is 1. The molecule has 15 heavy (non-hydrogen) atoms. The van der Waals surface area contributed by atoms with Crippen LogP contribution in [0.3, 0.4) is 0 Å². The fourth-order valence-corrected chi connectivity index (χ4v) is 1.92. The number of H-pyrrole nitrogens is 1. The highest BCUT2D eigenvalue weighted by Crippen LogP contribution is 2.13. The van der Waals surface area contributed by atoms with Gasteiger partial charge in [0, 0.05) is 23.8 Å². The first-order valence-corrected chi connectivity index (χ1v) is 5.26. The van der Waals surface area contributed by atoms with Gasteiger partial charge in [0.25, 0.3) is 5.56 Å². The fraction of sp³-hybridized carbons (Fsp3) is 0.417. The van der Waals surface area contributed by atoms with E-state index < -0.39 is 0 Å². The summed E-state index contributed by atoms with van der Waals surface area (Å²) in [4.78, 5) is 14.6. The molecule has 2 aromatic heterocycles. The van der Waals surface area contributed by atoms with Gasteiger partial charge < -0.3 is 9.55 Å². The largest absolute Gasteiger partial charge is 0.343 e. The highest BCUT2D eigenvalue weighted by atomic mass is 16.1. The predicted molar refractivity (Wildman–Crippen MR) is 62.1 cm³/mol. The minimum Gasteiger partial charge on any atom is -0.343 e. The maximum atomic E-state index is 11.8. The van der Waals surface area contributed by atoms with E-state index in [2.05, 4.69) is 18.8 Å². The number of hydrogen-bond acceptors (Lipinski definition) is 1. The van der Waals surface area contributed by atoms with Crippen molar-refractivity contribution in [3.8, 4) is 0 Å². The topological polar surface area (TPSA) is 37.8 Å². The third kappa shape index (κ3) is 1.82. The van der Waals surface area contributed by atoms with Gasteiger partial charge in [0.15, 0.2) is 0 Å². The Morgan fingerprint density at radius 1 is 1.47 bits per heavy atom. The highest BCUT2D eigenvalue weighted by molar-refractivity contribution is 5.79. The van der Waals surface area contributed by atoms with Crippen molar-refractivity contribution in [3.63, 3.8) is 0 Å². The molecule has 2 rings (SSSR count). The van der Waals surface area contributed by atoms with E-state index >= 15 is 0 Å². The summed E-state index contributed by atoms with van der Waals surface area (Å²) >= 11 is 0. The molecule has 0 aliphatic heterocycles. The molecule has 0 saturated heterocycles. The van der Waals surface area contributed by atoms with Crippen LogP contribution in [0.25, 0.3) is 10.9 Å². The molecular weight excluding hydrogens is 188 g/mol. The van der Waals surface area contributed by atoms with Gasteiger partial charge in [-0.1, -0.05) is 13.8 Å². The molecule has 2 heterocycles. The lowest BCUT2D eigenvalue weighted by Crippen LogP contribution is -2.13. The summed E-state index contributed by atoms with van der Waals surface area (Å²) < 4.78 is 2.03. The quantitative estimate of drug-likeness (QED) is 0.800. The molecule has 3 heteroatoms. The molecule has 80 valence electrons. The van der Waals surface area contributed by atoms with Crippen molar-refractivity contribution in [2.45, 2.75) is 27.3 Å². The number of nitrogens with zero attached hydrogens (tertiary/aromatic N) is 1. The zero-order chi connectivity index (χ0) is 11.0. The third-order valence-corrected chi connectivity index (χ3v) is 2.45. The SMILES string of the molecule is Cc1cc2ccn(CC(C)C)c2c(=O)[nH]1. The first-order valence-electron chi connectivity index (χ1n) is 5.26. The normalized spacial score (nSPS) is 11.5. The van der Waals surface area contributed by atoms with Gasteiger partial charge >= 0.3 is 0 Å². The van der Waals surface area contributed by atoms with Gasteiger partial charge in [0.05, 0.1) is 0 Å². The Hall–Kier alpha value is -1.51. The molecule has 0 atom stereocenters. The molecule has 0 radical (unpaired) electrons. The van der Waals surface area contributed by atoms with E-state index in [0.717, 1.165) is 23.1 Å². The van der Waals surface area contributed by atoms with Crippen LogP contribution < -0.4 is 5.56 Å². The van der Waals surface area contributed by atoms with E-state index in [0.29, 0.717) is 5.92 Å². The lowest BCUT2D eigenvalue weighted by molar-refractivity contribution is 0.534. The van der Waals surface area contributed by atoms with E-state index in [1.54, 1.807) is 0 Å². The van der Waals surface area contributed by atoms with Crippen LogP contribution in [0.5, 0.6) is 0 Å². The molecule has 0 spiro atoms. The Kier molecular flexibility index (Phi) is 2.39. The third-order valence-electron chi connectivity index (χ3n) is 2.45. The van der Waals surface area contributed by atoms with Crippen LogP contribution in [-0.4, -0.2) is 9.55 Å². The number of aryl methyl sites for hydroxylation is 1. The Bertz CT molecular complexity index is 534. The minimum atomic E-state index is 0.00986. The average Bonchev–Trinajstić information content (AvgIpc) is 2.46. The lowest BCUT2D eigenvalue weighted by Gasteiger charge is -2.07. The molecule has 3 nitrogen and oxygen atoms in total. The average molecular weight is 204 g/mol. The molecule has 0 amide bonds. The second-order valence-electron chi connectivity index (χ2n) is 4.45. The zero-order valence-corrected chi connectivity index (χ0v) is 9.37. The number of nitrogens with one attached hydrogen (secondary N) is 1. The monoisotopic (exact) mass is 204 g/mol. The van der Waals surface area contributed by atoms with Crippen LogP contribution in [0.1, 0.15) is 19.5 Å². The van der Waals surface area contributed by atoms with Gasteiger partial charge in [-0.25, -0.2) is 0 Å². The Morgan fingerprint density at radius 3 is 2.87 bits per heavy atom. The molecular formula is C12H16N2O. The van der Waals surface area contributed by atoms with Gasteiger partial charge in [-0.15, -0.1) is 0 Å². The molecule has 1 N–H and O–H groups in total. The summed E-state index contributed by atoms with van der Waals surface area (Å²) in [5.74, 6) is 0.543.